The van der Waals surface area contributed by atoms with Crippen molar-refractivity contribution >= 4 is 39.7 Å². The van der Waals surface area contributed by atoms with Gasteiger partial charge in [-0.15, -0.1) is 0 Å². The van der Waals surface area contributed by atoms with E-state index in [9.17, 15) is 4.79 Å². The number of hydrazone groups is 1. The molecule has 2 rings (SSSR count). The molecule has 1 heterocycles. The van der Waals surface area contributed by atoms with E-state index < -0.39 is 5.91 Å². The third-order valence-corrected chi connectivity index (χ3v) is 3.44. The third kappa shape index (κ3) is 4.29. The first-order valence-electron chi connectivity index (χ1n) is 6.48. The first-order chi connectivity index (χ1) is 10.6. The minimum Gasteiger partial charge on any atom is -0.493 e. The normalized spacial score (nSPS) is 10.7. The fourth-order valence-electron chi connectivity index (χ4n) is 1.68. The van der Waals surface area contributed by atoms with Crippen LogP contribution in [0.4, 0.5) is 0 Å². The number of hydrogen-bond donors (Lipinski definition) is 1. The smallest absolute Gasteiger partial charge is 0.274 e. The Kier molecular flexibility index (Phi) is 5.91. The van der Waals surface area contributed by atoms with E-state index in [1.807, 2.05) is 25.1 Å². The van der Waals surface area contributed by atoms with Crippen molar-refractivity contribution < 1.29 is 9.53 Å². The Hall–Kier alpha value is -1.92. The van der Waals surface area contributed by atoms with Crippen molar-refractivity contribution in [2.45, 2.75) is 6.92 Å². The van der Waals surface area contributed by atoms with Crippen molar-refractivity contribution in [3.05, 3.63) is 57.3 Å². The fraction of sp³-hybridized carbons (Fsp3) is 0.133. The second-order valence-corrected chi connectivity index (χ2v) is 5.43. The number of rotatable bonds is 5. The molecular weight excluding hydrogens is 370 g/mol. The Labute approximate surface area is 141 Å². The molecule has 1 amide bonds. The standard InChI is InChI=1S/C15H13BrClN3O2/c1-2-22-13-6-5-11(16)8-10(13)9-19-20-15(21)12-4-3-7-18-14(12)17/h3-9H,2H2,1H3,(H,20,21). The molecule has 114 valence electrons. The van der Waals surface area contributed by atoms with Crippen LogP contribution in [-0.2, 0) is 0 Å². The SMILES string of the molecule is CCOc1ccc(Br)cc1C=NNC(=O)c1cccnc1Cl. The summed E-state index contributed by atoms with van der Waals surface area (Å²) in [5.74, 6) is 0.255. The topological polar surface area (TPSA) is 63.6 Å². The predicted octanol–water partition coefficient (Wildman–Crippen LogP) is 3.66. The van der Waals surface area contributed by atoms with Gasteiger partial charge in [-0.3, -0.25) is 4.79 Å². The number of hydrogen-bond acceptors (Lipinski definition) is 4. The van der Waals surface area contributed by atoms with Crippen LogP contribution in [-0.4, -0.2) is 23.7 Å². The summed E-state index contributed by atoms with van der Waals surface area (Å²) in [5.41, 5.74) is 3.42. The van der Waals surface area contributed by atoms with E-state index in [1.165, 1.54) is 12.4 Å². The van der Waals surface area contributed by atoms with Crippen LogP contribution >= 0.6 is 27.5 Å². The zero-order valence-electron chi connectivity index (χ0n) is 11.7. The lowest BCUT2D eigenvalue weighted by molar-refractivity contribution is 0.0955. The van der Waals surface area contributed by atoms with Crippen LogP contribution in [0, 0.1) is 0 Å². The molecule has 0 fully saturated rings. The molecule has 0 saturated carbocycles. The van der Waals surface area contributed by atoms with Gasteiger partial charge in [-0.2, -0.15) is 5.10 Å². The van der Waals surface area contributed by atoms with E-state index in [2.05, 4.69) is 31.4 Å². The molecule has 1 N–H and O–H groups in total. The Morgan fingerprint density at radius 1 is 1.50 bits per heavy atom. The summed E-state index contributed by atoms with van der Waals surface area (Å²) in [7, 11) is 0. The summed E-state index contributed by atoms with van der Waals surface area (Å²) in [6.07, 6.45) is 3.02. The Morgan fingerprint density at radius 2 is 2.32 bits per heavy atom. The Bertz CT molecular complexity index is 707. The lowest BCUT2D eigenvalue weighted by Gasteiger charge is -2.07. The second-order valence-electron chi connectivity index (χ2n) is 4.16. The molecule has 5 nitrogen and oxygen atoms in total. The van der Waals surface area contributed by atoms with Crippen molar-refractivity contribution in [2.75, 3.05) is 6.61 Å². The minimum atomic E-state index is -0.428. The molecule has 22 heavy (non-hydrogen) atoms. The van der Waals surface area contributed by atoms with Gasteiger partial charge in [0.1, 0.15) is 10.9 Å². The number of nitrogens with one attached hydrogen (secondary N) is 1. The van der Waals surface area contributed by atoms with Crippen molar-refractivity contribution in [2.24, 2.45) is 5.10 Å². The van der Waals surface area contributed by atoms with Gasteiger partial charge in [0.05, 0.1) is 18.4 Å². The van der Waals surface area contributed by atoms with Crippen molar-refractivity contribution in [1.82, 2.24) is 10.4 Å². The van der Waals surface area contributed by atoms with Gasteiger partial charge in [0.2, 0.25) is 0 Å². The molecule has 0 spiro atoms. The molecule has 0 aliphatic carbocycles. The molecule has 0 bridgehead atoms. The highest BCUT2D eigenvalue weighted by atomic mass is 79.9. The number of halogens is 2. The first-order valence-corrected chi connectivity index (χ1v) is 7.65. The highest BCUT2D eigenvalue weighted by molar-refractivity contribution is 9.10. The molecule has 7 heteroatoms. The monoisotopic (exact) mass is 381 g/mol. The van der Waals surface area contributed by atoms with Crippen molar-refractivity contribution in [3.8, 4) is 5.75 Å². The quantitative estimate of drug-likeness (QED) is 0.487. The van der Waals surface area contributed by atoms with E-state index in [-0.39, 0.29) is 10.7 Å². The molecule has 0 aliphatic rings. The van der Waals surface area contributed by atoms with Crippen LogP contribution in [0.2, 0.25) is 5.15 Å². The van der Waals surface area contributed by atoms with Crippen LogP contribution < -0.4 is 10.2 Å². The summed E-state index contributed by atoms with van der Waals surface area (Å²) in [4.78, 5) is 15.8. The zero-order chi connectivity index (χ0) is 15.9. The Balaban J connectivity index is 2.11. The van der Waals surface area contributed by atoms with Crippen LogP contribution in [0.25, 0.3) is 0 Å². The van der Waals surface area contributed by atoms with Gasteiger partial charge in [-0.05, 0) is 37.3 Å². The molecule has 0 saturated heterocycles. The lowest BCUT2D eigenvalue weighted by atomic mass is 10.2. The van der Waals surface area contributed by atoms with Gasteiger partial charge in [0.15, 0.2) is 0 Å². The van der Waals surface area contributed by atoms with E-state index in [0.29, 0.717) is 12.4 Å². The molecule has 1 aromatic carbocycles. The molecule has 1 aromatic heterocycles. The van der Waals surface area contributed by atoms with Gasteiger partial charge in [-0.25, -0.2) is 10.4 Å². The van der Waals surface area contributed by atoms with E-state index in [0.717, 1.165) is 10.0 Å². The molecule has 0 unspecified atom stereocenters. The highest BCUT2D eigenvalue weighted by Crippen LogP contribution is 2.21. The first kappa shape index (κ1) is 16.5. The molecule has 0 radical (unpaired) electrons. The van der Waals surface area contributed by atoms with Gasteiger partial charge in [-0.1, -0.05) is 27.5 Å². The average Bonchev–Trinajstić information content (AvgIpc) is 2.50. The lowest BCUT2D eigenvalue weighted by Crippen LogP contribution is -2.18. The predicted molar refractivity (Wildman–Crippen MR) is 89.6 cm³/mol. The van der Waals surface area contributed by atoms with Gasteiger partial charge >= 0.3 is 0 Å². The summed E-state index contributed by atoms with van der Waals surface area (Å²) in [6, 6.07) is 8.75. The van der Waals surface area contributed by atoms with Crippen LogP contribution in [0.1, 0.15) is 22.8 Å². The molecule has 0 atom stereocenters. The largest absolute Gasteiger partial charge is 0.493 e. The zero-order valence-corrected chi connectivity index (χ0v) is 14.1. The molecule has 2 aromatic rings. The molecule has 0 aliphatic heterocycles. The number of aromatic nitrogens is 1. The number of carbonyl (C=O) groups excluding carboxylic acids is 1. The van der Waals surface area contributed by atoms with Crippen molar-refractivity contribution in [3.63, 3.8) is 0 Å². The van der Waals surface area contributed by atoms with Crippen LogP contribution in [0.15, 0.2) is 46.1 Å². The summed E-state index contributed by atoms with van der Waals surface area (Å²) in [6.45, 7) is 2.44. The van der Waals surface area contributed by atoms with Gasteiger partial charge in [0, 0.05) is 16.2 Å². The van der Waals surface area contributed by atoms with Gasteiger partial charge in [0.25, 0.3) is 5.91 Å². The average molecular weight is 383 g/mol. The number of ether oxygens (including phenoxy) is 1. The number of benzene rings is 1. The highest BCUT2D eigenvalue weighted by Gasteiger charge is 2.09. The second kappa shape index (κ2) is 7.91. The van der Waals surface area contributed by atoms with Crippen LogP contribution in [0.5, 0.6) is 5.75 Å². The number of pyridine rings is 1. The number of amides is 1. The minimum absolute atomic E-state index is 0.132. The maximum atomic E-state index is 11.9. The molecular formula is C15H13BrClN3O2. The van der Waals surface area contributed by atoms with E-state index in [1.54, 1.807) is 12.1 Å². The summed E-state index contributed by atoms with van der Waals surface area (Å²) in [5, 5.41) is 4.06. The van der Waals surface area contributed by atoms with Crippen molar-refractivity contribution in [1.29, 1.82) is 0 Å². The number of carbonyl (C=O) groups is 1. The van der Waals surface area contributed by atoms with Gasteiger partial charge < -0.3 is 4.74 Å². The van der Waals surface area contributed by atoms with Crippen LogP contribution in [0.3, 0.4) is 0 Å². The summed E-state index contributed by atoms with van der Waals surface area (Å²) >= 11 is 9.24. The Morgan fingerprint density at radius 3 is 3.05 bits per heavy atom. The number of nitrogens with zero attached hydrogens (tertiary/aromatic N) is 2. The fourth-order valence-corrected chi connectivity index (χ4v) is 2.27. The summed E-state index contributed by atoms with van der Waals surface area (Å²) < 4.78 is 6.39. The maximum Gasteiger partial charge on any atom is 0.274 e. The maximum absolute atomic E-state index is 11.9. The van der Waals surface area contributed by atoms with E-state index >= 15 is 0 Å². The third-order valence-electron chi connectivity index (χ3n) is 2.65. The van der Waals surface area contributed by atoms with E-state index in [4.69, 9.17) is 16.3 Å².